The summed E-state index contributed by atoms with van der Waals surface area (Å²) in [6, 6.07) is 9.20. The van der Waals surface area contributed by atoms with Gasteiger partial charge in [0.25, 0.3) is 0 Å². The molecule has 5 heteroatoms. The van der Waals surface area contributed by atoms with Crippen molar-refractivity contribution in [2.75, 3.05) is 32.6 Å². The van der Waals surface area contributed by atoms with Crippen molar-refractivity contribution in [3.05, 3.63) is 24.3 Å². The number of methoxy groups -OCH3 is 1. The topological polar surface area (TPSA) is 27.7 Å². The minimum atomic E-state index is 0.649. The Morgan fingerprint density at radius 3 is 2.48 bits per heavy atom. The minimum absolute atomic E-state index is 0.649. The number of hydrogen-bond acceptors (Lipinski definition) is 3. The third-order valence-corrected chi connectivity index (χ3v) is 5.32. The summed E-state index contributed by atoms with van der Waals surface area (Å²) in [5.41, 5.74) is 1.01. The summed E-state index contributed by atoms with van der Waals surface area (Å²) >= 11 is 5.57. The van der Waals surface area contributed by atoms with Crippen LogP contribution < -0.4 is 10.1 Å². The molecular formula is C18H29N3OS. The van der Waals surface area contributed by atoms with E-state index in [0.29, 0.717) is 12.1 Å². The molecule has 1 aliphatic rings. The zero-order valence-corrected chi connectivity index (χ0v) is 15.5. The Balaban J connectivity index is 1.83. The number of piperidine rings is 1. The second-order valence-corrected chi connectivity index (χ2v) is 6.69. The summed E-state index contributed by atoms with van der Waals surface area (Å²) < 4.78 is 5.18. The van der Waals surface area contributed by atoms with Gasteiger partial charge in [-0.25, -0.2) is 0 Å². The Hall–Kier alpha value is -1.33. The van der Waals surface area contributed by atoms with Crippen molar-refractivity contribution in [2.45, 2.75) is 45.2 Å². The maximum atomic E-state index is 5.57. The Labute approximate surface area is 145 Å². The summed E-state index contributed by atoms with van der Waals surface area (Å²) in [5, 5.41) is 4.15. The minimum Gasteiger partial charge on any atom is -0.497 e. The van der Waals surface area contributed by atoms with Crippen LogP contribution in [0, 0.1) is 0 Å². The number of ether oxygens (including phenoxy) is 1. The lowest BCUT2D eigenvalue weighted by molar-refractivity contribution is 0.126. The number of likely N-dealkylation sites (tertiary alicyclic amines) is 1. The Kier molecular flexibility index (Phi) is 6.66. The molecule has 0 bridgehead atoms. The normalized spacial score (nSPS) is 17.2. The van der Waals surface area contributed by atoms with Crippen LogP contribution in [0.25, 0.3) is 0 Å². The highest BCUT2D eigenvalue weighted by Crippen LogP contribution is 2.20. The van der Waals surface area contributed by atoms with Gasteiger partial charge in [0.05, 0.1) is 7.11 Å². The summed E-state index contributed by atoms with van der Waals surface area (Å²) in [6.07, 6.45) is 3.55. The molecule has 1 fully saturated rings. The lowest BCUT2D eigenvalue weighted by Crippen LogP contribution is -2.48. The van der Waals surface area contributed by atoms with Crippen molar-refractivity contribution >= 4 is 23.0 Å². The van der Waals surface area contributed by atoms with Crippen molar-refractivity contribution in [3.8, 4) is 5.75 Å². The van der Waals surface area contributed by atoms with Crippen LogP contribution in [0.1, 0.15) is 33.1 Å². The van der Waals surface area contributed by atoms with Crippen LogP contribution in [-0.4, -0.2) is 54.2 Å². The van der Waals surface area contributed by atoms with E-state index in [0.717, 1.165) is 29.6 Å². The number of nitrogens with zero attached hydrogens (tertiary/aromatic N) is 2. The molecular weight excluding hydrogens is 306 g/mol. The summed E-state index contributed by atoms with van der Waals surface area (Å²) in [4.78, 5) is 4.80. The quantitative estimate of drug-likeness (QED) is 0.830. The molecule has 1 saturated heterocycles. The van der Waals surface area contributed by atoms with E-state index in [-0.39, 0.29) is 0 Å². The molecule has 0 saturated carbocycles. The van der Waals surface area contributed by atoms with Crippen molar-refractivity contribution in [1.29, 1.82) is 0 Å². The molecule has 1 aromatic rings. The lowest BCUT2D eigenvalue weighted by atomic mass is 10.0. The van der Waals surface area contributed by atoms with Gasteiger partial charge in [0, 0.05) is 30.9 Å². The van der Waals surface area contributed by atoms with Gasteiger partial charge >= 0.3 is 0 Å². The third-order valence-electron chi connectivity index (χ3n) is 4.96. The van der Waals surface area contributed by atoms with E-state index in [1.165, 1.54) is 19.3 Å². The number of anilines is 1. The highest BCUT2D eigenvalue weighted by atomic mass is 32.1. The molecule has 0 spiro atoms. The van der Waals surface area contributed by atoms with E-state index in [1.54, 1.807) is 7.11 Å². The fourth-order valence-corrected chi connectivity index (χ4v) is 3.30. The smallest absolute Gasteiger partial charge is 0.173 e. The first-order chi connectivity index (χ1) is 11.0. The molecule has 0 aliphatic carbocycles. The van der Waals surface area contributed by atoms with Gasteiger partial charge < -0.3 is 19.9 Å². The third kappa shape index (κ3) is 4.82. The molecule has 1 aliphatic heterocycles. The summed E-state index contributed by atoms with van der Waals surface area (Å²) in [5.74, 6) is 0.857. The first-order valence-electron chi connectivity index (χ1n) is 8.47. The van der Waals surface area contributed by atoms with Gasteiger partial charge in [-0.15, -0.1) is 0 Å². The van der Waals surface area contributed by atoms with Crippen molar-refractivity contribution in [1.82, 2.24) is 9.80 Å². The monoisotopic (exact) mass is 335 g/mol. The molecule has 0 unspecified atom stereocenters. The molecule has 0 amide bonds. The van der Waals surface area contributed by atoms with Crippen LogP contribution in [0.5, 0.6) is 5.75 Å². The van der Waals surface area contributed by atoms with Crippen LogP contribution in [-0.2, 0) is 0 Å². The highest BCUT2D eigenvalue weighted by Gasteiger charge is 2.25. The molecule has 1 aromatic carbocycles. The largest absolute Gasteiger partial charge is 0.497 e. The van der Waals surface area contributed by atoms with E-state index in [1.807, 2.05) is 24.3 Å². The molecule has 0 aromatic heterocycles. The first-order valence-corrected chi connectivity index (χ1v) is 8.87. The Morgan fingerprint density at radius 2 is 1.96 bits per heavy atom. The summed E-state index contributed by atoms with van der Waals surface area (Å²) in [6.45, 7) is 6.60. The highest BCUT2D eigenvalue weighted by molar-refractivity contribution is 7.80. The van der Waals surface area contributed by atoms with E-state index in [2.05, 4.69) is 36.0 Å². The standard InChI is InChI=1S/C18H29N3OS/c1-5-14(2)20(3)16-10-12-21(13-11-16)18(23)19-15-6-8-17(22-4)9-7-15/h6-9,14,16H,5,10-13H2,1-4H3,(H,19,23)/t14-/m1/s1. The number of hydrogen-bond donors (Lipinski definition) is 1. The number of rotatable bonds is 5. The second kappa shape index (κ2) is 8.50. The molecule has 4 nitrogen and oxygen atoms in total. The predicted octanol–water partition coefficient (Wildman–Crippen LogP) is 3.59. The molecule has 1 atom stereocenters. The molecule has 1 heterocycles. The van der Waals surface area contributed by atoms with Crippen molar-refractivity contribution in [3.63, 3.8) is 0 Å². The van der Waals surface area contributed by atoms with Gasteiger partial charge in [-0.3, -0.25) is 0 Å². The summed E-state index contributed by atoms with van der Waals surface area (Å²) in [7, 11) is 3.93. The van der Waals surface area contributed by atoms with Crippen molar-refractivity contribution in [2.24, 2.45) is 0 Å². The maximum absolute atomic E-state index is 5.57. The Morgan fingerprint density at radius 1 is 1.35 bits per heavy atom. The van der Waals surface area contributed by atoms with Gasteiger partial charge in [0.1, 0.15) is 5.75 Å². The van der Waals surface area contributed by atoms with E-state index in [4.69, 9.17) is 17.0 Å². The predicted molar refractivity (Wildman–Crippen MR) is 101 cm³/mol. The molecule has 1 N–H and O–H groups in total. The Bertz CT molecular complexity index is 497. The van der Waals surface area contributed by atoms with Gasteiger partial charge in [0.15, 0.2) is 5.11 Å². The zero-order chi connectivity index (χ0) is 16.8. The van der Waals surface area contributed by atoms with Gasteiger partial charge in [-0.2, -0.15) is 0 Å². The van der Waals surface area contributed by atoms with E-state index >= 15 is 0 Å². The lowest BCUT2D eigenvalue weighted by Gasteiger charge is -2.40. The first kappa shape index (κ1) is 18.0. The van der Waals surface area contributed by atoms with Crippen LogP contribution in [0.15, 0.2) is 24.3 Å². The molecule has 2 rings (SSSR count). The van der Waals surface area contributed by atoms with Crippen molar-refractivity contribution < 1.29 is 4.74 Å². The molecule has 0 radical (unpaired) electrons. The van der Waals surface area contributed by atoms with E-state index in [9.17, 15) is 0 Å². The van der Waals surface area contributed by atoms with Gasteiger partial charge in [0.2, 0.25) is 0 Å². The van der Waals surface area contributed by atoms with Crippen LogP contribution in [0.2, 0.25) is 0 Å². The molecule has 23 heavy (non-hydrogen) atoms. The SMILES string of the molecule is CC[C@@H](C)N(C)C1CCN(C(=S)Nc2ccc(OC)cc2)CC1. The number of benzene rings is 1. The van der Waals surface area contributed by atoms with E-state index < -0.39 is 0 Å². The maximum Gasteiger partial charge on any atom is 0.173 e. The fraction of sp³-hybridized carbons (Fsp3) is 0.611. The second-order valence-electron chi connectivity index (χ2n) is 6.30. The van der Waals surface area contributed by atoms with Crippen LogP contribution in [0.3, 0.4) is 0 Å². The average molecular weight is 336 g/mol. The van der Waals surface area contributed by atoms with Gasteiger partial charge in [-0.1, -0.05) is 6.92 Å². The van der Waals surface area contributed by atoms with Gasteiger partial charge in [-0.05, 0) is 69.7 Å². The van der Waals surface area contributed by atoms with Crippen LogP contribution >= 0.6 is 12.2 Å². The fourth-order valence-electron chi connectivity index (χ4n) is 3.00. The zero-order valence-electron chi connectivity index (χ0n) is 14.7. The average Bonchev–Trinajstić information content (AvgIpc) is 2.61. The number of nitrogens with one attached hydrogen (secondary N) is 1. The number of thiocarbonyl (C=S) groups is 1. The molecule has 128 valence electrons. The van der Waals surface area contributed by atoms with Crippen LogP contribution in [0.4, 0.5) is 5.69 Å².